The maximum atomic E-state index is 14.5. The molecule has 1 aliphatic rings. The molecule has 228 valence electrons. The molecule has 1 fully saturated rings. The molecule has 3 aromatic carbocycles. The van der Waals surface area contributed by atoms with Gasteiger partial charge in [0.05, 0.1) is 19.0 Å². The summed E-state index contributed by atoms with van der Waals surface area (Å²) in [4.78, 5) is 25.0. The van der Waals surface area contributed by atoms with Gasteiger partial charge in [-0.05, 0) is 23.9 Å². The molecule has 0 amide bonds. The van der Waals surface area contributed by atoms with E-state index in [9.17, 15) is 19.6 Å². The number of nitrogens with zero attached hydrogens (tertiary/aromatic N) is 4. The number of fused-ring (bicyclic) bond motifs is 2. The van der Waals surface area contributed by atoms with Crippen LogP contribution < -0.4 is 15.3 Å². The van der Waals surface area contributed by atoms with Crippen molar-refractivity contribution in [3.05, 3.63) is 91.0 Å². The summed E-state index contributed by atoms with van der Waals surface area (Å²) in [6, 6.07) is 21.6. The first-order valence-electron chi connectivity index (χ1n) is 13.9. The molecule has 2 aromatic heterocycles. The van der Waals surface area contributed by atoms with Gasteiger partial charge in [-0.1, -0.05) is 66.7 Å². The number of nitrogens with one attached hydrogen (secondary N) is 1. The molecule has 13 nitrogen and oxygen atoms in total. The Morgan fingerprint density at radius 1 is 1.11 bits per heavy atom. The maximum Gasteiger partial charge on any atom is 0.459 e. The molecular formula is C30H31N6O7P. The number of aromatic nitrogens is 4. The molecular weight excluding hydrogens is 587 g/mol. The first-order chi connectivity index (χ1) is 21.1. The second-order valence-corrected chi connectivity index (χ2v) is 12.5. The van der Waals surface area contributed by atoms with Crippen molar-refractivity contribution in [1.82, 2.24) is 24.6 Å². The van der Waals surface area contributed by atoms with Crippen LogP contribution in [0.25, 0.3) is 21.9 Å². The Kier molecular flexibility index (Phi) is 8.06. The van der Waals surface area contributed by atoms with E-state index in [1.165, 1.54) is 19.6 Å². The Balaban J connectivity index is 1.27. The van der Waals surface area contributed by atoms with E-state index in [2.05, 4.69) is 20.0 Å². The summed E-state index contributed by atoms with van der Waals surface area (Å²) < 4.78 is 34.1. The minimum atomic E-state index is -4.40. The zero-order chi connectivity index (χ0) is 30.9. The van der Waals surface area contributed by atoms with Gasteiger partial charge >= 0.3 is 13.7 Å². The molecule has 0 saturated carbocycles. The molecule has 0 bridgehead atoms. The largest absolute Gasteiger partial charge is 0.480 e. The molecule has 3 heterocycles. The second-order valence-electron chi connectivity index (χ2n) is 10.8. The zero-order valence-electron chi connectivity index (χ0n) is 23.7. The minimum Gasteiger partial charge on any atom is -0.480 e. The lowest BCUT2D eigenvalue weighted by Gasteiger charge is -2.31. The van der Waals surface area contributed by atoms with E-state index >= 15 is 0 Å². The number of hydrogen-bond acceptors (Lipinski definition) is 10. The average molecular weight is 619 g/mol. The highest BCUT2D eigenvalue weighted by Crippen LogP contribution is 2.49. The summed E-state index contributed by atoms with van der Waals surface area (Å²) >= 11 is 0. The number of carboxylic acid groups (broad SMARTS) is 1. The number of benzene rings is 3. The van der Waals surface area contributed by atoms with E-state index < -0.39 is 37.7 Å². The van der Waals surface area contributed by atoms with E-state index in [0.717, 1.165) is 5.39 Å². The standard InChI is InChI=1S/C30H31N6O7P/c1-30(29(38)39,15-19-8-3-2-4-9-19)35-44(40,43-24-13-7-11-20-10-5-6-12-22(20)24)41-16-21-14-23(37)28(42-21)36-18-34-25-26(31)32-17-33-27(25)36/h2-13,17-18,21,23,28,37H,14-16H2,1H3,(H,35,40)(H,38,39)(H2,31,32,33)/t21-,23+,28+,30-,44?/m0/s1. The fourth-order valence-electron chi connectivity index (χ4n) is 5.28. The van der Waals surface area contributed by atoms with Gasteiger partial charge in [0, 0.05) is 18.2 Å². The number of aliphatic hydroxyl groups excluding tert-OH is 1. The highest BCUT2D eigenvalue weighted by atomic mass is 31.2. The van der Waals surface area contributed by atoms with Crippen LogP contribution in [0.4, 0.5) is 5.82 Å². The maximum absolute atomic E-state index is 14.5. The summed E-state index contributed by atoms with van der Waals surface area (Å²) in [6.45, 7) is 1.14. The third kappa shape index (κ3) is 6.01. The summed E-state index contributed by atoms with van der Waals surface area (Å²) in [6.07, 6.45) is 0.267. The van der Waals surface area contributed by atoms with E-state index in [1.54, 1.807) is 41.0 Å². The number of aliphatic hydroxyl groups is 1. The number of nitrogens with two attached hydrogens (primary N) is 1. The lowest BCUT2D eigenvalue weighted by molar-refractivity contribution is -0.143. The highest BCUT2D eigenvalue weighted by molar-refractivity contribution is 7.52. The van der Waals surface area contributed by atoms with Gasteiger partial charge in [-0.25, -0.2) is 19.5 Å². The highest BCUT2D eigenvalue weighted by Gasteiger charge is 2.45. The van der Waals surface area contributed by atoms with Crippen molar-refractivity contribution in [3.8, 4) is 5.75 Å². The van der Waals surface area contributed by atoms with Crippen molar-refractivity contribution in [1.29, 1.82) is 0 Å². The lowest BCUT2D eigenvalue weighted by Crippen LogP contribution is -2.50. The Morgan fingerprint density at radius 3 is 2.66 bits per heavy atom. The summed E-state index contributed by atoms with van der Waals surface area (Å²) in [5.41, 5.74) is 5.62. The third-order valence-corrected chi connectivity index (χ3v) is 9.17. The Morgan fingerprint density at radius 2 is 1.86 bits per heavy atom. The molecule has 1 saturated heterocycles. The van der Waals surface area contributed by atoms with Crippen LogP contribution in [0.3, 0.4) is 0 Å². The quantitative estimate of drug-likeness (QED) is 0.156. The first kappa shape index (κ1) is 29.7. The predicted molar refractivity (Wildman–Crippen MR) is 162 cm³/mol. The van der Waals surface area contributed by atoms with Crippen LogP contribution in [0.5, 0.6) is 5.75 Å². The molecule has 5 N–H and O–H groups in total. The van der Waals surface area contributed by atoms with Crippen molar-refractivity contribution in [2.75, 3.05) is 12.3 Å². The van der Waals surface area contributed by atoms with Crippen LogP contribution >= 0.6 is 7.75 Å². The Labute approximate surface area is 252 Å². The van der Waals surface area contributed by atoms with E-state index in [-0.39, 0.29) is 31.0 Å². The number of hydrogen-bond donors (Lipinski definition) is 4. The van der Waals surface area contributed by atoms with Gasteiger partial charge in [-0.15, -0.1) is 0 Å². The molecule has 0 aliphatic carbocycles. The van der Waals surface area contributed by atoms with Crippen LogP contribution in [-0.4, -0.2) is 60.1 Å². The van der Waals surface area contributed by atoms with Gasteiger partial charge in [-0.3, -0.25) is 13.9 Å². The lowest BCUT2D eigenvalue weighted by atomic mass is 9.94. The van der Waals surface area contributed by atoms with E-state index in [1.807, 2.05) is 36.4 Å². The van der Waals surface area contributed by atoms with Crippen LogP contribution in [0, 0.1) is 0 Å². The number of carbonyl (C=O) groups is 1. The van der Waals surface area contributed by atoms with Crippen LogP contribution in [0.15, 0.2) is 85.5 Å². The number of carboxylic acids is 1. The molecule has 5 atom stereocenters. The summed E-state index contributed by atoms with van der Waals surface area (Å²) in [5, 5.41) is 25.4. The van der Waals surface area contributed by atoms with E-state index in [0.29, 0.717) is 22.1 Å². The molecule has 1 unspecified atom stereocenters. The normalized spacial score (nSPS) is 21.2. The number of ether oxygens (including phenoxy) is 1. The topological polar surface area (TPSA) is 184 Å². The molecule has 1 aliphatic heterocycles. The molecule has 0 spiro atoms. The van der Waals surface area contributed by atoms with Crippen molar-refractivity contribution in [3.63, 3.8) is 0 Å². The van der Waals surface area contributed by atoms with Crippen molar-refractivity contribution in [2.45, 2.75) is 43.7 Å². The summed E-state index contributed by atoms with van der Waals surface area (Å²) in [7, 11) is -4.40. The Bertz CT molecular complexity index is 1850. The van der Waals surface area contributed by atoms with Crippen molar-refractivity contribution >= 4 is 41.5 Å². The van der Waals surface area contributed by atoms with Crippen LogP contribution in [0.2, 0.25) is 0 Å². The number of aliphatic carboxylic acids is 1. The fraction of sp³-hybridized carbons (Fsp3) is 0.267. The van der Waals surface area contributed by atoms with E-state index in [4.69, 9.17) is 19.5 Å². The van der Waals surface area contributed by atoms with Gasteiger partial charge in [0.15, 0.2) is 17.7 Å². The van der Waals surface area contributed by atoms with Gasteiger partial charge in [-0.2, -0.15) is 5.09 Å². The minimum absolute atomic E-state index is 0.00513. The van der Waals surface area contributed by atoms with Crippen molar-refractivity contribution in [2.24, 2.45) is 0 Å². The Hall–Kier alpha value is -4.39. The van der Waals surface area contributed by atoms with Gasteiger partial charge in [0.2, 0.25) is 0 Å². The molecule has 44 heavy (non-hydrogen) atoms. The number of imidazole rings is 1. The van der Waals surface area contributed by atoms with Crippen LogP contribution in [0.1, 0.15) is 25.1 Å². The van der Waals surface area contributed by atoms with Gasteiger partial charge < -0.3 is 25.2 Å². The van der Waals surface area contributed by atoms with Crippen molar-refractivity contribution < 1.29 is 33.4 Å². The average Bonchev–Trinajstić information content (AvgIpc) is 3.60. The number of nitrogen functional groups attached to an aromatic ring is 1. The van der Waals surface area contributed by atoms with Crippen LogP contribution in [-0.2, 0) is 25.0 Å². The third-order valence-electron chi connectivity index (χ3n) is 7.48. The smallest absolute Gasteiger partial charge is 0.459 e. The zero-order valence-corrected chi connectivity index (χ0v) is 24.6. The molecule has 5 aromatic rings. The number of rotatable bonds is 11. The molecule has 14 heteroatoms. The predicted octanol–water partition coefficient (Wildman–Crippen LogP) is 4.09. The van der Waals surface area contributed by atoms with Gasteiger partial charge in [0.25, 0.3) is 0 Å². The second kappa shape index (κ2) is 11.9. The number of anilines is 1. The SMILES string of the molecule is C[C@@](Cc1ccccc1)(NP(=O)(OC[C@@H]1C[C@@H](O)[C@H](n2cnc3c(N)ncnc32)O1)Oc1cccc2ccccc12)C(=O)O. The fourth-order valence-corrected chi connectivity index (χ4v) is 7.00. The monoisotopic (exact) mass is 618 g/mol. The van der Waals surface area contributed by atoms with Gasteiger partial charge in [0.1, 0.15) is 29.2 Å². The molecule has 0 radical (unpaired) electrons. The summed E-state index contributed by atoms with van der Waals surface area (Å²) in [5.74, 6) is -0.804. The first-order valence-corrected chi connectivity index (χ1v) is 15.4. The molecule has 6 rings (SSSR count).